The Balaban J connectivity index is 1.92. The van der Waals surface area contributed by atoms with Crippen LogP contribution in [0.25, 0.3) is 0 Å². The first-order chi connectivity index (χ1) is 10.3. The van der Waals surface area contributed by atoms with E-state index >= 15 is 0 Å². The lowest BCUT2D eigenvalue weighted by atomic mass is 10.2. The fourth-order valence-electron chi connectivity index (χ4n) is 1.73. The summed E-state index contributed by atoms with van der Waals surface area (Å²) in [6, 6.07) is 11.2. The van der Waals surface area contributed by atoms with E-state index in [0.29, 0.717) is 10.7 Å². The van der Waals surface area contributed by atoms with Gasteiger partial charge in [-0.2, -0.15) is 13.2 Å². The van der Waals surface area contributed by atoms with E-state index in [2.05, 4.69) is 10.6 Å². The maximum atomic E-state index is 12.6. The van der Waals surface area contributed by atoms with E-state index in [9.17, 15) is 18.0 Å². The smallest absolute Gasteiger partial charge is 0.376 e. The molecule has 2 rings (SSSR count). The quantitative estimate of drug-likeness (QED) is 0.873. The molecule has 0 unspecified atom stereocenters. The van der Waals surface area contributed by atoms with Gasteiger partial charge in [-0.3, -0.25) is 4.79 Å². The third-order valence-corrected chi connectivity index (χ3v) is 3.02. The molecule has 0 spiro atoms. The molecule has 0 aliphatic carbocycles. The Labute approximate surface area is 130 Å². The van der Waals surface area contributed by atoms with Crippen LogP contribution in [0.15, 0.2) is 48.5 Å². The molecule has 0 bridgehead atoms. The summed E-state index contributed by atoms with van der Waals surface area (Å²) in [4.78, 5) is 11.7. The third kappa shape index (κ3) is 4.66. The highest BCUT2D eigenvalue weighted by molar-refractivity contribution is 6.30. The van der Waals surface area contributed by atoms with Crippen LogP contribution in [0, 0.1) is 0 Å². The van der Waals surface area contributed by atoms with E-state index in [1.807, 2.05) is 0 Å². The number of hydrogen-bond donors (Lipinski definition) is 2. The molecule has 0 aromatic heterocycles. The number of alkyl halides is 3. The van der Waals surface area contributed by atoms with Gasteiger partial charge in [-0.25, -0.2) is 0 Å². The van der Waals surface area contributed by atoms with Gasteiger partial charge in [-0.05, 0) is 42.5 Å². The molecule has 0 aliphatic heterocycles. The van der Waals surface area contributed by atoms with Crippen molar-refractivity contribution in [2.24, 2.45) is 0 Å². The molecule has 2 aromatic carbocycles. The van der Waals surface area contributed by atoms with Crippen molar-refractivity contribution in [3.63, 3.8) is 0 Å². The van der Waals surface area contributed by atoms with Crippen molar-refractivity contribution in [2.75, 3.05) is 17.2 Å². The Kier molecular flexibility index (Phi) is 4.92. The maximum absolute atomic E-state index is 12.6. The van der Waals surface area contributed by atoms with Gasteiger partial charge >= 0.3 is 6.18 Å². The van der Waals surface area contributed by atoms with E-state index in [0.717, 1.165) is 12.1 Å². The lowest BCUT2D eigenvalue weighted by Crippen LogP contribution is -2.21. The summed E-state index contributed by atoms with van der Waals surface area (Å²) in [5.74, 6) is -0.375. The molecule has 2 aromatic rings. The largest absolute Gasteiger partial charge is 0.416 e. The first kappa shape index (κ1) is 16.2. The fourth-order valence-corrected chi connectivity index (χ4v) is 1.85. The van der Waals surface area contributed by atoms with Gasteiger partial charge in [0.05, 0.1) is 12.1 Å². The fraction of sp³-hybridized carbons (Fsp3) is 0.133. The van der Waals surface area contributed by atoms with Crippen LogP contribution in [0.4, 0.5) is 24.5 Å². The Morgan fingerprint density at radius 2 is 1.73 bits per heavy atom. The molecule has 2 N–H and O–H groups in total. The summed E-state index contributed by atoms with van der Waals surface area (Å²) in [6.07, 6.45) is -4.41. The van der Waals surface area contributed by atoms with Crippen LogP contribution in [0.3, 0.4) is 0 Å². The minimum atomic E-state index is -4.41. The first-order valence-electron chi connectivity index (χ1n) is 6.31. The molecule has 0 atom stereocenters. The van der Waals surface area contributed by atoms with Crippen LogP contribution in [0.2, 0.25) is 5.02 Å². The molecule has 7 heteroatoms. The molecule has 22 heavy (non-hydrogen) atoms. The van der Waals surface area contributed by atoms with Crippen molar-refractivity contribution in [3.8, 4) is 0 Å². The second-order valence-corrected chi connectivity index (χ2v) is 4.92. The molecule has 0 heterocycles. The van der Waals surface area contributed by atoms with Gasteiger partial charge in [0.2, 0.25) is 5.91 Å². The summed E-state index contributed by atoms with van der Waals surface area (Å²) in [6.45, 7) is -0.149. The molecule has 0 saturated carbocycles. The van der Waals surface area contributed by atoms with E-state index in [1.165, 1.54) is 12.1 Å². The molecular formula is C15H12ClF3N2O. The van der Waals surface area contributed by atoms with Crippen molar-refractivity contribution >= 4 is 28.9 Å². The van der Waals surface area contributed by atoms with Gasteiger partial charge in [0.1, 0.15) is 0 Å². The zero-order valence-electron chi connectivity index (χ0n) is 11.2. The minimum absolute atomic E-state index is 0.149. The predicted molar refractivity (Wildman–Crippen MR) is 80.0 cm³/mol. The average molecular weight is 329 g/mol. The van der Waals surface area contributed by atoms with Gasteiger partial charge < -0.3 is 10.6 Å². The first-order valence-corrected chi connectivity index (χ1v) is 6.69. The second-order valence-electron chi connectivity index (χ2n) is 4.49. The lowest BCUT2D eigenvalue weighted by molar-refractivity contribution is -0.137. The highest BCUT2D eigenvalue weighted by Gasteiger charge is 2.30. The number of nitrogens with one attached hydrogen (secondary N) is 2. The summed E-state index contributed by atoms with van der Waals surface area (Å²) in [7, 11) is 0. The van der Waals surface area contributed by atoms with Crippen molar-refractivity contribution < 1.29 is 18.0 Å². The van der Waals surface area contributed by atoms with Gasteiger partial charge in [0, 0.05) is 16.4 Å². The second kappa shape index (κ2) is 6.70. The molecule has 0 radical (unpaired) electrons. The van der Waals surface area contributed by atoms with Crippen LogP contribution in [0.5, 0.6) is 0 Å². The molecular weight excluding hydrogens is 317 g/mol. The number of benzene rings is 2. The highest BCUT2D eigenvalue weighted by atomic mass is 35.5. The zero-order valence-corrected chi connectivity index (χ0v) is 12.0. The SMILES string of the molecule is O=C(CNc1cccc(C(F)(F)F)c1)Nc1ccc(Cl)cc1. The number of carbonyl (C=O) groups is 1. The van der Waals surface area contributed by atoms with Crippen LogP contribution >= 0.6 is 11.6 Å². The van der Waals surface area contributed by atoms with Gasteiger partial charge in [0.25, 0.3) is 0 Å². The molecule has 1 amide bonds. The Bertz CT molecular complexity index is 657. The van der Waals surface area contributed by atoms with Crippen molar-refractivity contribution in [1.29, 1.82) is 0 Å². The van der Waals surface area contributed by atoms with E-state index in [4.69, 9.17) is 11.6 Å². The van der Waals surface area contributed by atoms with Crippen LogP contribution in [-0.2, 0) is 11.0 Å². The topological polar surface area (TPSA) is 41.1 Å². The zero-order chi connectivity index (χ0) is 16.2. The Morgan fingerprint density at radius 3 is 2.36 bits per heavy atom. The monoisotopic (exact) mass is 328 g/mol. The molecule has 116 valence electrons. The van der Waals surface area contributed by atoms with Crippen LogP contribution in [0.1, 0.15) is 5.56 Å². The molecule has 3 nitrogen and oxygen atoms in total. The van der Waals surface area contributed by atoms with E-state index in [-0.39, 0.29) is 18.1 Å². The number of hydrogen-bond acceptors (Lipinski definition) is 2. The number of amides is 1. The predicted octanol–water partition coefficient (Wildman–Crippen LogP) is 4.41. The third-order valence-electron chi connectivity index (χ3n) is 2.77. The van der Waals surface area contributed by atoms with Crippen LogP contribution < -0.4 is 10.6 Å². The molecule has 0 fully saturated rings. The van der Waals surface area contributed by atoms with Crippen LogP contribution in [-0.4, -0.2) is 12.5 Å². The molecule has 0 saturated heterocycles. The van der Waals surface area contributed by atoms with E-state index in [1.54, 1.807) is 24.3 Å². The summed E-state index contributed by atoms with van der Waals surface area (Å²) >= 11 is 5.72. The Hall–Kier alpha value is -2.21. The maximum Gasteiger partial charge on any atom is 0.416 e. The van der Waals surface area contributed by atoms with Gasteiger partial charge in [-0.15, -0.1) is 0 Å². The van der Waals surface area contributed by atoms with Crippen molar-refractivity contribution in [1.82, 2.24) is 0 Å². The molecule has 0 aliphatic rings. The average Bonchev–Trinajstić information content (AvgIpc) is 2.47. The summed E-state index contributed by atoms with van der Waals surface area (Å²) in [5.41, 5.74) is 0.0110. The summed E-state index contributed by atoms with van der Waals surface area (Å²) in [5, 5.41) is 5.79. The highest BCUT2D eigenvalue weighted by Crippen LogP contribution is 2.30. The Morgan fingerprint density at radius 1 is 1.05 bits per heavy atom. The van der Waals surface area contributed by atoms with E-state index < -0.39 is 11.7 Å². The minimum Gasteiger partial charge on any atom is -0.376 e. The summed E-state index contributed by atoms with van der Waals surface area (Å²) < 4.78 is 37.7. The standard InChI is InChI=1S/C15H12ClF3N2O/c16-11-4-6-12(7-5-11)21-14(22)9-20-13-3-1-2-10(8-13)15(17,18)19/h1-8,20H,9H2,(H,21,22). The number of carbonyl (C=O) groups excluding carboxylic acids is 1. The van der Waals surface area contributed by atoms with Gasteiger partial charge in [-0.1, -0.05) is 17.7 Å². The lowest BCUT2D eigenvalue weighted by Gasteiger charge is -2.11. The number of halogens is 4. The number of anilines is 2. The van der Waals surface area contributed by atoms with Crippen molar-refractivity contribution in [3.05, 3.63) is 59.1 Å². The number of rotatable bonds is 4. The van der Waals surface area contributed by atoms with Crippen molar-refractivity contribution in [2.45, 2.75) is 6.18 Å². The van der Waals surface area contributed by atoms with Gasteiger partial charge in [0.15, 0.2) is 0 Å². The normalized spacial score (nSPS) is 11.1.